The molecule has 4 rings (SSSR count). The first-order chi connectivity index (χ1) is 16.4. The van der Waals surface area contributed by atoms with Gasteiger partial charge in [0.2, 0.25) is 11.6 Å². The van der Waals surface area contributed by atoms with Gasteiger partial charge in [0.1, 0.15) is 17.2 Å². The molecule has 10 heteroatoms. The summed E-state index contributed by atoms with van der Waals surface area (Å²) in [5, 5.41) is 19.8. The average molecular weight is 495 g/mol. The third kappa shape index (κ3) is 4.43. The summed E-state index contributed by atoms with van der Waals surface area (Å²) in [5.74, 6) is 0.621. The molecule has 0 aliphatic carbocycles. The Morgan fingerprint density at radius 1 is 0.853 bits per heavy atom. The van der Waals surface area contributed by atoms with Crippen LogP contribution in [0.25, 0.3) is 11.4 Å². The second-order valence-electron chi connectivity index (χ2n) is 6.98. The van der Waals surface area contributed by atoms with Crippen LogP contribution in [0.4, 0.5) is 11.4 Å². The number of para-hydroxylation sites is 1. The van der Waals surface area contributed by atoms with Gasteiger partial charge in [0.05, 0.1) is 25.6 Å². The summed E-state index contributed by atoms with van der Waals surface area (Å²) in [6.45, 7) is 0. The van der Waals surface area contributed by atoms with Crippen LogP contribution in [-0.2, 0) is 0 Å². The molecule has 172 valence electrons. The maximum absolute atomic E-state index is 13.5. The van der Waals surface area contributed by atoms with Crippen molar-refractivity contribution < 1.29 is 14.6 Å². The summed E-state index contributed by atoms with van der Waals surface area (Å²) in [6.07, 6.45) is 0. The Bertz CT molecular complexity index is 1480. The molecule has 0 unspecified atom stereocenters. The first kappa shape index (κ1) is 23.2. The molecule has 0 atom stereocenters. The Morgan fingerprint density at radius 2 is 1.47 bits per heavy atom. The van der Waals surface area contributed by atoms with Gasteiger partial charge in [-0.15, -0.1) is 10.2 Å². The maximum atomic E-state index is 13.5. The number of halogens is 1. The van der Waals surface area contributed by atoms with E-state index in [4.69, 9.17) is 33.3 Å². The van der Waals surface area contributed by atoms with Crippen LogP contribution in [0.3, 0.4) is 0 Å². The van der Waals surface area contributed by atoms with E-state index in [2.05, 4.69) is 10.2 Å². The summed E-state index contributed by atoms with van der Waals surface area (Å²) in [7, 11) is 3.05. The fourth-order valence-electron chi connectivity index (χ4n) is 3.27. The number of aromatic nitrogens is 2. The first-order valence-corrected chi connectivity index (χ1v) is 10.8. The van der Waals surface area contributed by atoms with Crippen molar-refractivity contribution in [2.45, 2.75) is 0 Å². The molecule has 1 aromatic heterocycles. The predicted molar refractivity (Wildman–Crippen MR) is 133 cm³/mol. The number of hydrogen-bond donors (Lipinski definition) is 1. The molecule has 0 saturated carbocycles. The highest BCUT2D eigenvalue weighted by atomic mass is 35.5. The van der Waals surface area contributed by atoms with Gasteiger partial charge in [-0.2, -0.15) is 0 Å². The van der Waals surface area contributed by atoms with Gasteiger partial charge in [-0.25, -0.2) is 0 Å². The van der Waals surface area contributed by atoms with Crippen molar-refractivity contribution in [1.82, 2.24) is 9.13 Å². The normalized spacial score (nSPS) is 11.0. The van der Waals surface area contributed by atoms with Crippen LogP contribution in [0.2, 0.25) is 5.02 Å². The van der Waals surface area contributed by atoms with Gasteiger partial charge in [0.15, 0.2) is 4.77 Å². The maximum Gasteiger partial charge on any atom is 0.290 e. The van der Waals surface area contributed by atoms with E-state index in [1.807, 2.05) is 0 Å². The van der Waals surface area contributed by atoms with Crippen LogP contribution in [-0.4, -0.2) is 28.5 Å². The lowest BCUT2D eigenvalue weighted by atomic mass is 10.3. The van der Waals surface area contributed by atoms with Gasteiger partial charge >= 0.3 is 0 Å². The van der Waals surface area contributed by atoms with Crippen LogP contribution in [0.1, 0.15) is 0 Å². The molecule has 4 aromatic rings. The average Bonchev–Trinajstić information content (AvgIpc) is 2.85. The lowest BCUT2D eigenvalue weighted by Crippen LogP contribution is -2.23. The standard InChI is InChI=1S/C24H19ClN4O4S/c1-32-18-13-11-17(12-14-18)29-23(31)21(27-26-19-5-3-4-6-20(19)33-2)22(30)28(24(29)34)16-9-7-15(25)8-10-16/h3-14,30H,1-2H3. The van der Waals surface area contributed by atoms with Crippen molar-refractivity contribution in [3.05, 3.63) is 92.9 Å². The van der Waals surface area contributed by atoms with Crippen LogP contribution >= 0.6 is 23.8 Å². The SMILES string of the molecule is COc1ccc(-n2c(=O)c(N=Nc3ccccc3OC)c(O)n(-c3ccc(Cl)cc3)c2=S)cc1. The van der Waals surface area contributed by atoms with Crippen molar-refractivity contribution in [1.29, 1.82) is 0 Å². The van der Waals surface area contributed by atoms with Crippen molar-refractivity contribution in [2.75, 3.05) is 14.2 Å². The number of aromatic hydroxyl groups is 1. The molecule has 1 heterocycles. The summed E-state index contributed by atoms with van der Waals surface area (Å²) in [5.41, 5.74) is 0.400. The van der Waals surface area contributed by atoms with E-state index in [0.29, 0.717) is 33.6 Å². The number of azo groups is 1. The van der Waals surface area contributed by atoms with Crippen LogP contribution in [0, 0.1) is 4.77 Å². The molecule has 0 bridgehead atoms. The molecule has 0 spiro atoms. The lowest BCUT2D eigenvalue weighted by molar-refractivity contribution is 0.414. The molecule has 0 fully saturated rings. The lowest BCUT2D eigenvalue weighted by Gasteiger charge is -2.16. The molecule has 0 aliphatic rings. The third-order valence-corrected chi connectivity index (χ3v) is 5.59. The predicted octanol–water partition coefficient (Wildman–Crippen LogP) is 6.15. The first-order valence-electron chi connectivity index (χ1n) is 10.0. The number of methoxy groups -OCH3 is 2. The van der Waals surface area contributed by atoms with Crippen LogP contribution in [0.15, 0.2) is 87.8 Å². The Kier molecular flexibility index (Phi) is 6.76. The van der Waals surface area contributed by atoms with Gasteiger partial charge in [0, 0.05) is 5.02 Å². The second kappa shape index (κ2) is 9.90. The Morgan fingerprint density at radius 3 is 2.12 bits per heavy atom. The highest BCUT2D eigenvalue weighted by Gasteiger charge is 2.19. The smallest absolute Gasteiger partial charge is 0.290 e. The zero-order valence-corrected chi connectivity index (χ0v) is 19.7. The van der Waals surface area contributed by atoms with Gasteiger partial charge in [-0.05, 0) is 72.9 Å². The van der Waals surface area contributed by atoms with Gasteiger partial charge in [0.25, 0.3) is 5.56 Å². The molecule has 8 nitrogen and oxygen atoms in total. The zero-order valence-electron chi connectivity index (χ0n) is 18.2. The topological polar surface area (TPSA) is 90.3 Å². The second-order valence-corrected chi connectivity index (χ2v) is 7.78. The number of ether oxygens (including phenoxy) is 2. The Labute approximate surface area is 204 Å². The summed E-state index contributed by atoms with van der Waals surface area (Å²) < 4.78 is 13.1. The van der Waals surface area contributed by atoms with Gasteiger partial charge in [-0.3, -0.25) is 13.9 Å². The van der Waals surface area contributed by atoms with E-state index < -0.39 is 11.4 Å². The number of rotatable bonds is 6. The molecule has 3 aromatic carbocycles. The third-order valence-electron chi connectivity index (χ3n) is 4.97. The summed E-state index contributed by atoms with van der Waals surface area (Å²) >= 11 is 11.6. The van der Waals surface area contributed by atoms with E-state index in [9.17, 15) is 9.90 Å². The van der Waals surface area contributed by atoms with E-state index in [1.54, 1.807) is 79.9 Å². The molecular formula is C24H19ClN4O4S. The molecule has 34 heavy (non-hydrogen) atoms. The fraction of sp³-hybridized carbons (Fsp3) is 0.0833. The van der Waals surface area contributed by atoms with E-state index >= 15 is 0 Å². The molecule has 0 saturated heterocycles. The molecule has 1 N–H and O–H groups in total. The molecule has 0 radical (unpaired) electrons. The zero-order chi connectivity index (χ0) is 24.2. The molecular weight excluding hydrogens is 476 g/mol. The molecule has 0 amide bonds. The van der Waals surface area contributed by atoms with Crippen LogP contribution < -0.4 is 15.0 Å². The highest BCUT2D eigenvalue weighted by Crippen LogP contribution is 2.32. The number of benzene rings is 3. The van der Waals surface area contributed by atoms with Crippen molar-refractivity contribution in [3.63, 3.8) is 0 Å². The van der Waals surface area contributed by atoms with Gasteiger partial charge < -0.3 is 14.6 Å². The number of nitrogens with zero attached hydrogens (tertiary/aromatic N) is 4. The minimum absolute atomic E-state index is 0.0335. The van der Waals surface area contributed by atoms with E-state index in [1.165, 1.54) is 16.2 Å². The summed E-state index contributed by atoms with van der Waals surface area (Å²) in [6, 6.07) is 20.3. The van der Waals surface area contributed by atoms with Gasteiger partial charge in [-0.1, -0.05) is 23.7 Å². The van der Waals surface area contributed by atoms with Crippen molar-refractivity contribution >= 4 is 35.2 Å². The summed E-state index contributed by atoms with van der Waals surface area (Å²) in [4.78, 5) is 13.5. The number of hydrogen-bond acceptors (Lipinski definition) is 7. The quantitative estimate of drug-likeness (QED) is 0.256. The van der Waals surface area contributed by atoms with E-state index in [0.717, 1.165) is 0 Å². The minimum atomic E-state index is -0.642. The highest BCUT2D eigenvalue weighted by molar-refractivity contribution is 7.71. The Hall–Kier alpha value is -3.95. The Balaban J connectivity index is 1.99. The van der Waals surface area contributed by atoms with E-state index in [-0.39, 0.29) is 10.5 Å². The van der Waals surface area contributed by atoms with Crippen molar-refractivity contribution in [3.8, 4) is 28.8 Å². The largest absolute Gasteiger partial charge is 0.497 e. The monoisotopic (exact) mass is 494 g/mol. The van der Waals surface area contributed by atoms with Crippen molar-refractivity contribution in [2.24, 2.45) is 10.2 Å². The van der Waals surface area contributed by atoms with Crippen LogP contribution in [0.5, 0.6) is 17.4 Å². The molecule has 0 aliphatic heterocycles. The minimum Gasteiger partial charge on any atom is -0.497 e. The fourth-order valence-corrected chi connectivity index (χ4v) is 3.78.